The van der Waals surface area contributed by atoms with Crippen molar-refractivity contribution in [2.45, 2.75) is 12.8 Å². The Kier molecular flexibility index (Phi) is 1.49. The molecule has 0 amide bonds. The van der Waals surface area contributed by atoms with E-state index in [0.29, 0.717) is 0 Å². The Hall–Kier alpha value is -1.82. The number of rotatable bonds is 0. The van der Waals surface area contributed by atoms with Crippen LogP contribution in [0, 0.1) is 0 Å². The van der Waals surface area contributed by atoms with Crippen LogP contribution in [0.1, 0.15) is 22.3 Å². The van der Waals surface area contributed by atoms with Crippen LogP contribution in [0.3, 0.4) is 0 Å². The highest BCUT2D eigenvalue weighted by atomic mass is 14.2. The quantitative estimate of drug-likeness (QED) is 0.609. The Morgan fingerprint density at radius 3 is 1.62 bits per heavy atom. The molecule has 0 aliphatic heterocycles. The van der Waals surface area contributed by atoms with Crippen LogP contribution in [-0.2, 0) is 12.8 Å². The third-order valence-electron chi connectivity index (χ3n) is 3.74. The molecule has 0 heteroatoms. The van der Waals surface area contributed by atoms with Gasteiger partial charge in [0.25, 0.3) is 0 Å². The second kappa shape index (κ2) is 2.85. The van der Waals surface area contributed by atoms with Gasteiger partial charge in [0.05, 0.1) is 0 Å². The van der Waals surface area contributed by atoms with Gasteiger partial charge in [-0.1, -0.05) is 48.6 Å². The van der Waals surface area contributed by atoms with Crippen molar-refractivity contribution < 1.29 is 0 Å². The normalized spacial score (nSPS) is 15.8. The van der Waals surface area contributed by atoms with Crippen molar-refractivity contribution in [2.24, 2.45) is 0 Å². The van der Waals surface area contributed by atoms with Gasteiger partial charge in [-0.15, -0.1) is 0 Å². The highest BCUT2D eigenvalue weighted by Gasteiger charge is 2.14. The molecule has 2 aliphatic carbocycles. The molecule has 0 nitrogen and oxygen atoms in total. The van der Waals surface area contributed by atoms with Gasteiger partial charge in [-0.25, -0.2) is 0 Å². The molecule has 0 aromatic heterocycles. The Morgan fingerprint density at radius 2 is 1.12 bits per heavy atom. The predicted octanol–water partition coefficient (Wildman–Crippen LogP) is 3.98. The second-order valence-electron chi connectivity index (χ2n) is 4.57. The highest BCUT2D eigenvalue weighted by molar-refractivity contribution is 5.95. The van der Waals surface area contributed by atoms with E-state index in [-0.39, 0.29) is 0 Å². The molecule has 0 bridgehead atoms. The maximum absolute atomic E-state index is 2.29. The van der Waals surface area contributed by atoms with E-state index in [0.717, 1.165) is 12.8 Å². The first kappa shape index (κ1) is 8.35. The minimum atomic E-state index is 1.10. The Morgan fingerprint density at radius 1 is 0.625 bits per heavy atom. The molecule has 0 atom stereocenters. The SMILES string of the molecule is C1=Cc2ccc3c4c(ccc3c2C1)C=CC4. The van der Waals surface area contributed by atoms with E-state index in [1.165, 1.54) is 33.0 Å². The fourth-order valence-electron chi connectivity index (χ4n) is 2.94. The minimum Gasteiger partial charge on any atom is -0.0795 e. The van der Waals surface area contributed by atoms with Crippen molar-refractivity contribution in [3.05, 3.63) is 58.7 Å². The average Bonchev–Trinajstić information content (AvgIpc) is 2.96. The van der Waals surface area contributed by atoms with Gasteiger partial charge >= 0.3 is 0 Å². The van der Waals surface area contributed by atoms with Gasteiger partial charge in [-0.2, -0.15) is 0 Å². The lowest BCUT2D eigenvalue weighted by molar-refractivity contribution is 1.31. The van der Waals surface area contributed by atoms with Crippen LogP contribution >= 0.6 is 0 Å². The molecule has 2 aliphatic rings. The molecule has 0 radical (unpaired) electrons. The highest BCUT2D eigenvalue weighted by Crippen LogP contribution is 2.34. The largest absolute Gasteiger partial charge is 0.0795 e. The summed E-state index contributed by atoms with van der Waals surface area (Å²) >= 11 is 0. The molecule has 0 saturated carbocycles. The van der Waals surface area contributed by atoms with E-state index >= 15 is 0 Å². The molecule has 0 spiro atoms. The Labute approximate surface area is 94.9 Å². The summed E-state index contributed by atoms with van der Waals surface area (Å²) in [6.45, 7) is 0. The van der Waals surface area contributed by atoms with E-state index in [4.69, 9.17) is 0 Å². The fourth-order valence-corrected chi connectivity index (χ4v) is 2.94. The van der Waals surface area contributed by atoms with Crippen LogP contribution in [0.25, 0.3) is 22.9 Å². The maximum Gasteiger partial charge on any atom is -0.00820 e. The summed E-state index contributed by atoms with van der Waals surface area (Å²) in [5.41, 5.74) is 5.82. The van der Waals surface area contributed by atoms with Crippen molar-refractivity contribution in [2.75, 3.05) is 0 Å². The molecule has 2 aromatic carbocycles. The van der Waals surface area contributed by atoms with Crippen LogP contribution in [0.5, 0.6) is 0 Å². The predicted molar refractivity (Wildman–Crippen MR) is 69.4 cm³/mol. The summed E-state index contributed by atoms with van der Waals surface area (Å²) in [4.78, 5) is 0. The van der Waals surface area contributed by atoms with Crippen molar-refractivity contribution in [3.63, 3.8) is 0 Å². The van der Waals surface area contributed by atoms with Gasteiger partial charge in [0, 0.05) is 0 Å². The van der Waals surface area contributed by atoms with Crippen LogP contribution in [0.2, 0.25) is 0 Å². The zero-order valence-corrected chi connectivity index (χ0v) is 9.03. The molecule has 2 aromatic rings. The standard InChI is InChI=1S/C16H12/c1-3-11-7-9-16-14-6-2-4-12(14)8-10-15(16)13(11)5-1/h1-4,7-10H,5-6H2. The third kappa shape index (κ3) is 0.943. The van der Waals surface area contributed by atoms with E-state index in [9.17, 15) is 0 Å². The molecule has 0 heterocycles. The zero-order valence-electron chi connectivity index (χ0n) is 9.03. The Balaban J connectivity index is 2.14. The van der Waals surface area contributed by atoms with Crippen molar-refractivity contribution >= 4 is 22.9 Å². The lowest BCUT2D eigenvalue weighted by Crippen LogP contribution is -1.90. The van der Waals surface area contributed by atoms with Gasteiger partial charge < -0.3 is 0 Å². The number of hydrogen-bond donors (Lipinski definition) is 0. The van der Waals surface area contributed by atoms with Crippen LogP contribution in [0.15, 0.2) is 36.4 Å². The summed E-state index contributed by atoms with van der Waals surface area (Å²) in [6.07, 6.45) is 11.2. The summed E-state index contributed by atoms with van der Waals surface area (Å²) in [7, 11) is 0. The maximum atomic E-state index is 2.29. The van der Waals surface area contributed by atoms with Gasteiger partial charge in [-0.3, -0.25) is 0 Å². The van der Waals surface area contributed by atoms with Gasteiger partial charge in [0.2, 0.25) is 0 Å². The number of allylic oxidation sites excluding steroid dienone is 2. The van der Waals surface area contributed by atoms with Gasteiger partial charge in [0.15, 0.2) is 0 Å². The molecular weight excluding hydrogens is 192 g/mol. The summed E-state index contributed by atoms with van der Waals surface area (Å²) in [5.74, 6) is 0. The first-order valence-corrected chi connectivity index (χ1v) is 5.84. The lowest BCUT2D eigenvalue weighted by Gasteiger charge is -2.09. The second-order valence-corrected chi connectivity index (χ2v) is 4.57. The van der Waals surface area contributed by atoms with Crippen LogP contribution in [0.4, 0.5) is 0 Å². The lowest BCUT2D eigenvalue weighted by atomic mass is 9.95. The smallest absolute Gasteiger partial charge is 0.00820 e. The van der Waals surface area contributed by atoms with Crippen molar-refractivity contribution in [3.8, 4) is 0 Å². The molecule has 0 unspecified atom stereocenters. The van der Waals surface area contributed by atoms with E-state index in [2.05, 4.69) is 48.6 Å². The van der Waals surface area contributed by atoms with E-state index in [1.54, 1.807) is 0 Å². The van der Waals surface area contributed by atoms with E-state index < -0.39 is 0 Å². The molecule has 76 valence electrons. The monoisotopic (exact) mass is 204 g/mol. The van der Waals surface area contributed by atoms with Crippen LogP contribution in [-0.4, -0.2) is 0 Å². The summed E-state index contributed by atoms with van der Waals surface area (Å²) in [6, 6.07) is 9.10. The average molecular weight is 204 g/mol. The van der Waals surface area contributed by atoms with Gasteiger partial charge in [0.1, 0.15) is 0 Å². The zero-order chi connectivity index (χ0) is 10.5. The first-order chi connectivity index (χ1) is 7.93. The molecule has 0 saturated heterocycles. The third-order valence-corrected chi connectivity index (χ3v) is 3.74. The number of hydrogen-bond acceptors (Lipinski definition) is 0. The van der Waals surface area contributed by atoms with Gasteiger partial charge in [-0.05, 0) is 45.9 Å². The fraction of sp³-hybridized carbons (Fsp3) is 0.125. The molecule has 4 rings (SSSR count). The van der Waals surface area contributed by atoms with Crippen molar-refractivity contribution in [1.29, 1.82) is 0 Å². The molecular formula is C16H12. The summed E-state index contributed by atoms with van der Waals surface area (Å²) < 4.78 is 0. The van der Waals surface area contributed by atoms with Crippen LogP contribution < -0.4 is 0 Å². The minimum absolute atomic E-state index is 1.10. The topological polar surface area (TPSA) is 0 Å². The molecule has 0 N–H and O–H groups in total. The number of benzene rings is 2. The summed E-state index contributed by atoms with van der Waals surface area (Å²) in [5, 5.41) is 2.90. The number of fused-ring (bicyclic) bond motifs is 5. The Bertz CT molecular complexity index is 598. The van der Waals surface area contributed by atoms with E-state index in [1.807, 2.05) is 0 Å². The van der Waals surface area contributed by atoms with Crippen molar-refractivity contribution in [1.82, 2.24) is 0 Å². The molecule has 0 fully saturated rings. The first-order valence-electron chi connectivity index (χ1n) is 5.84. The molecule has 16 heavy (non-hydrogen) atoms.